The number of pyridine rings is 1. The molecular weight excluding hydrogens is 348 g/mol. The van der Waals surface area contributed by atoms with Crippen LogP contribution in [0.3, 0.4) is 0 Å². The second kappa shape index (κ2) is 8.78. The Labute approximate surface area is 154 Å². The fourth-order valence-corrected chi connectivity index (χ4v) is 3.80. The summed E-state index contributed by atoms with van der Waals surface area (Å²) in [6.45, 7) is 0.491. The minimum Gasteiger partial charge on any atom is -0.490 e. The topological polar surface area (TPSA) is 68.3 Å². The lowest BCUT2D eigenvalue weighted by Crippen LogP contribution is -2.30. The molecule has 3 aromatic rings. The first-order valence-corrected chi connectivity index (χ1v) is 10.3. The number of rotatable bonds is 9. The zero-order valence-corrected chi connectivity index (χ0v) is 15.3. The molecule has 0 atom stereocenters. The van der Waals surface area contributed by atoms with Crippen molar-refractivity contribution in [2.24, 2.45) is 0 Å². The number of ether oxygens (including phenoxy) is 1. The van der Waals surface area contributed by atoms with E-state index in [0.717, 1.165) is 22.9 Å². The van der Waals surface area contributed by atoms with Gasteiger partial charge in [-0.3, -0.25) is 4.98 Å². The summed E-state index contributed by atoms with van der Waals surface area (Å²) in [7, 11) is -3.29. The third-order valence-corrected chi connectivity index (χ3v) is 5.47. The highest BCUT2D eigenvalue weighted by Crippen LogP contribution is 2.22. The van der Waals surface area contributed by atoms with Crippen LogP contribution in [0.15, 0.2) is 66.9 Å². The molecule has 0 saturated carbocycles. The molecule has 0 radical (unpaired) electrons. The first kappa shape index (κ1) is 18.4. The van der Waals surface area contributed by atoms with E-state index in [1.807, 2.05) is 60.7 Å². The Bertz CT molecular complexity index is 938. The van der Waals surface area contributed by atoms with E-state index in [-0.39, 0.29) is 18.9 Å². The quantitative estimate of drug-likeness (QED) is 0.588. The van der Waals surface area contributed by atoms with Crippen LogP contribution in [0.4, 0.5) is 0 Å². The van der Waals surface area contributed by atoms with Crippen molar-refractivity contribution in [3.63, 3.8) is 0 Å². The molecule has 0 bridgehead atoms. The molecule has 0 amide bonds. The summed E-state index contributed by atoms with van der Waals surface area (Å²) in [5, 5.41) is 0.992. The average Bonchev–Trinajstić information content (AvgIpc) is 2.66. The monoisotopic (exact) mass is 370 g/mol. The molecule has 0 aliphatic heterocycles. The summed E-state index contributed by atoms with van der Waals surface area (Å²) in [4.78, 5) is 4.31. The Kier molecular flexibility index (Phi) is 6.20. The molecule has 0 saturated heterocycles. The minimum atomic E-state index is -3.29. The molecule has 0 aliphatic carbocycles. The second-order valence-corrected chi connectivity index (χ2v) is 7.91. The minimum absolute atomic E-state index is 0.109. The van der Waals surface area contributed by atoms with E-state index in [0.29, 0.717) is 12.2 Å². The van der Waals surface area contributed by atoms with Crippen LogP contribution >= 0.6 is 0 Å². The molecule has 136 valence electrons. The lowest BCUT2D eigenvalue weighted by molar-refractivity contribution is 0.326. The summed E-state index contributed by atoms with van der Waals surface area (Å²) in [5.41, 5.74) is 1.93. The van der Waals surface area contributed by atoms with E-state index in [9.17, 15) is 8.42 Å². The summed E-state index contributed by atoms with van der Waals surface area (Å²) < 4.78 is 32.4. The summed E-state index contributed by atoms with van der Waals surface area (Å²) in [6, 6.07) is 19.4. The van der Waals surface area contributed by atoms with E-state index >= 15 is 0 Å². The van der Waals surface area contributed by atoms with Gasteiger partial charge in [0.05, 0.1) is 5.75 Å². The van der Waals surface area contributed by atoms with Crippen LogP contribution in [-0.4, -0.2) is 32.3 Å². The van der Waals surface area contributed by atoms with Gasteiger partial charge in [0.15, 0.2) is 0 Å². The van der Waals surface area contributed by atoms with Crippen LogP contribution in [0.25, 0.3) is 10.9 Å². The van der Waals surface area contributed by atoms with Gasteiger partial charge in [0, 0.05) is 18.1 Å². The van der Waals surface area contributed by atoms with E-state index in [1.54, 1.807) is 6.20 Å². The predicted octanol–water partition coefficient (Wildman–Crippen LogP) is 3.17. The van der Waals surface area contributed by atoms with Crippen molar-refractivity contribution in [1.82, 2.24) is 9.71 Å². The summed E-state index contributed by atoms with van der Waals surface area (Å²) >= 11 is 0. The molecule has 2 aromatic carbocycles. The van der Waals surface area contributed by atoms with Crippen LogP contribution in [-0.2, 0) is 16.4 Å². The molecular formula is C20H22N2O3S. The fourth-order valence-electron chi connectivity index (χ4n) is 2.73. The first-order chi connectivity index (χ1) is 12.6. The maximum atomic E-state index is 12.1. The standard InChI is InChI=1S/C20H22N2O3S/c23-26(24,16-6-9-17-7-2-1-3-8-17)22-14-15-25-19-12-4-10-18-11-5-13-21-20(18)19/h1-5,7-8,10-13,22H,6,9,14-16H2. The van der Waals surface area contributed by atoms with Gasteiger partial charge >= 0.3 is 0 Å². The summed E-state index contributed by atoms with van der Waals surface area (Å²) in [5.74, 6) is 0.768. The van der Waals surface area contributed by atoms with Gasteiger partial charge in [-0.15, -0.1) is 0 Å². The number of nitrogens with zero attached hydrogens (tertiary/aromatic N) is 1. The average molecular weight is 370 g/mol. The number of aryl methyl sites for hydroxylation is 1. The third-order valence-electron chi connectivity index (χ3n) is 4.00. The number of aromatic nitrogens is 1. The smallest absolute Gasteiger partial charge is 0.211 e. The Hall–Kier alpha value is -2.44. The van der Waals surface area contributed by atoms with Crippen LogP contribution in [0.2, 0.25) is 0 Å². The fraction of sp³-hybridized carbons (Fsp3) is 0.250. The summed E-state index contributed by atoms with van der Waals surface area (Å²) in [6.07, 6.45) is 3.05. The van der Waals surface area contributed by atoms with Crippen molar-refractivity contribution >= 4 is 20.9 Å². The van der Waals surface area contributed by atoms with Crippen molar-refractivity contribution in [2.75, 3.05) is 18.9 Å². The van der Waals surface area contributed by atoms with Gasteiger partial charge < -0.3 is 4.74 Å². The molecule has 0 aliphatic rings. The number of fused-ring (bicyclic) bond motifs is 1. The van der Waals surface area contributed by atoms with Gasteiger partial charge in [0.25, 0.3) is 0 Å². The number of benzene rings is 2. The van der Waals surface area contributed by atoms with Crippen molar-refractivity contribution in [3.8, 4) is 5.75 Å². The van der Waals surface area contributed by atoms with Gasteiger partial charge in [-0.2, -0.15) is 0 Å². The first-order valence-electron chi connectivity index (χ1n) is 8.62. The lowest BCUT2D eigenvalue weighted by atomic mass is 10.1. The molecule has 0 fully saturated rings. The van der Waals surface area contributed by atoms with Crippen molar-refractivity contribution in [3.05, 3.63) is 72.4 Å². The van der Waals surface area contributed by atoms with E-state index in [2.05, 4.69) is 9.71 Å². The SMILES string of the molecule is O=S(=O)(CCCc1ccccc1)NCCOc1cccc2cccnc12. The maximum Gasteiger partial charge on any atom is 0.211 e. The van der Waals surface area contributed by atoms with Gasteiger partial charge in [0.2, 0.25) is 10.0 Å². The molecule has 6 heteroatoms. The van der Waals surface area contributed by atoms with Crippen LogP contribution in [0.5, 0.6) is 5.75 Å². The Morgan fingerprint density at radius 1 is 0.962 bits per heavy atom. The molecule has 1 N–H and O–H groups in total. The number of hydrogen-bond donors (Lipinski definition) is 1. The molecule has 0 unspecified atom stereocenters. The van der Waals surface area contributed by atoms with Crippen LogP contribution in [0.1, 0.15) is 12.0 Å². The highest BCUT2D eigenvalue weighted by atomic mass is 32.2. The number of para-hydroxylation sites is 1. The Balaban J connectivity index is 1.43. The van der Waals surface area contributed by atoms with E-state index < -0.39 is 10.0 Å². The van der Waals surface area contributed by atoms with Crippen LogP contribution < -0.4 is 9.46 Å². The molecule has 5 nitrogen and oxygen atoms in total. The Morgan fingerprint density at radius 2 is 1.77 bits per heavy atom. The number of nitrogens with one attached hydrogen (secondary N) is 1. The van der Waals surface area contributed by atoms with Gasteiger partial charge in [-0.1, -0.05) is 48.5 Å². The van der Waals surface area contributed by atoms with E-state index in [4.69, 9.17) is 4.74 Å². The maximum absolute atomic E-state index is 12.1. The van der Waals surface area contributed by atoms with Crippen molar-refractivity contribution in [2.45, 2.75) is 12.8 Å². The third kappa shape index (κ3) is 5.28. The van der Waals surface area contributed by atoms with Crippen molar-refractivity contribution in [1.29, 1.82) is 0 Å². The second-order valence-electron chi connectivity index (χ2n) is 5.98. The zero-order valence-electron chi connectivity index (χ0n) is 14.5. The molecule has 3 rings (SSSR count). The largest absolute Gasteiger partial charge is 0.490 e. The predicted molar refractivity (Wildman–Crippen MR) is 104 cm³/mol. The highest BCUT2D eigenvalue weighted by molar-refractivity contribution is 7.89. The van der Waals surface area contributed by atoms with Gasteiger partial charge in [-0.05, 0) is 30.5 Å². The normalized spacial score (nSPS) is 11.5. The van der Waals surface area contributed by atoms with E-state index in [1.165, 1.54) is 0 Å². The van der Waals surface area contributed by atoms with Crippen LogP contribution in [0, 0.1) is 0 Å². The zero-order chi connectivity index (χ0) is 18.2. The number of hydrogen-bond acceptors (Lipinski definition) is 4. The molecule has 0 spiro atoms. The molecule has 1 heterocycles. The Morgan fingerprint density at radius 3 is 2.62 bits per heavy atom. The van der Waals surface area contributed by atoms with Crippen molar-refractivity contribution < 1.29 is 13.2 Å². The lowest BCUT2D eigenvalue weighted by Gasteiger charge is -2.10. The number of sulfonamides is 1. The van der Waals surface area contributed by atoms with Gasteiger partial charge in [0.1, 0.15) is 17.9 Å². The van der Waals surface area contributed by atoms with Gasteiger partial charge in [-0.25, -0.2) is 13.1 Å². The highest BCUT2D eigenvalue weighted by Gasteiger charge is 2.10. The molecule has 26 heavy (non-hydrogen) atoms. The molecule has 1 aromatic heterocycles.